The monoisotopic (exact) mass is 348 g/mol. The molecule has 3 rings (SSSR count). The highest BCUT2D eigenvalue weighted by Gasteiger charge is 2.26. The van der Waals surface area contributed by atoms with Crippen LogP contribution in [-0.2, 0) is 0 Å². The molecular weight excluding hydrogens is 332 g/mol. The predicted octanol–water partition coefficient (Wildman–Crippen LogP) is 2.63. The standard InChI is InChI=1S/C16H17ClN4O3/c1-11-9-14(19-24-11)15(22)20-5-7-21(8-6-20)16(23)18-13-4-2-3-12(17)10-13/h2-4,9-10H,5-8H2,1H3,(H,18,23). The Bertz CT molecular complexity index is 753. The summed E-state index contributed by atoms with van der Waals surface area (Å²) in [5, 5.41) is 7.10. The van der Waals surface area contributed by atoms with Crippen LogP contribution >= 0.6 is 11.6 Å². The summed E-state index contributed by atoms with van der Waals surface area (Å²) < 4.78 is 4.93. The van der Waals surface area contributed by atoms with Gasteiger partial charge >= 0.3 is 6.03 Å². The zero-order valence-corrected chi connectivity index (χ0v) is 13.9. The number of amides is 3. The van der Waals surface area contributed by atoms with Crippen LogP contribution in [0.5, 0.6) is 0 Å². The van der Waals surface area contributed by atoms with Gasteiger partial charge in [-0.05, 0) is 25.1 Å². The lowest BCUT2D eigenvalue weighted by Crippen LogP contribution is -2.51. The maximum atomic E-state index is 12.3. The molecule has 0 radical (unpaired) electrons. The lowest BCUT2D eigenvalue weighted by Gasteiger charge is -2.34. The second-order valence-electron chi connectivity index (χ2n) is 5.54. The zero-order valence-electron chi connectivity index (χ0n) is 13.2. The van der Waals surface area contributed by atoms with Crippen LogP contribution < -0.4 is 5.32 Å². The SMILES string of the molecule is Cc1cc(C(=O)N2CCN(C(=O)Nc3cccc(Cl)c3)CC2)no1. The molecule has 1 aliphatic rings. The number of nitrogens with one attached hydrogen (secondary N) is 1. The summed E-state index contributed by atoms with van der Waals surface area (Å²) in [6.45, 7) is 3.55. The first-order valence-electron chi connectivity index (χ1n) is 7.57. The van der Waals surface area contributed by atoms with E-state index in [0.717, 1.165) is 0 Å². The Labute approximate surface area is 144 Å². The molecule has 1 saturated heterocycles. The van der Waals surface area contributed by atoms with Gasteiger partial charge in [0.2, 0.25) is 0 Å². The quantitative estimate of drug-likeness (QED) is 0.904. The number of hydrogen-bond donors (Lipinski definition) is 1. The van der Waals surface area contributed by atoms with Gasteiger partial charge in [0.15, 0.2) is 5.69 Å². The molecule has 1 aliphatic heterocycles. The first kappa shape index (κ1) is 16.3. The average molecular weight is 349 g/mol. The second kappa shape index (κ2) is 6.92. The second-order valence-corrected chi connectivity index (χ2v) is 5.98. The van der Waals surface area contributed by atoms with Gasteiger partial charge in [-0.15, -0.1) is 0 Å². The lowest BCUT2D eigenvalue weighted by atomic mass is 10.2. The van der Waals surface area contributed by atoms with Gasteiger partial charge in [0.25, 0.3) is 5.91 Å². The molecule has 3 amide bonds. The van der Waals surface area contributed by atoms with E-state index in [1.54, 1.807) is 47.1 Å². The van der Waals surface area contributed by atoms with Gasteiger partial charge in [0, 0.05) is 43.0 Å². The number of halogens is 1. The number of carbonyl (C=O) groups excluding carboxylic acids is 2. The molecule has 1 fully saturated rings. The van der Waals surface area contributed by atoms with Gasteiger partial charge in [-0.2, -0.15) is 0 Å². The Hall–Kier alpha value is -2.54. The Kier molecular flexibility index (Phi) is 4.71. The van der Waals surface area contributed by atoms with Gasteiger partial charge in [-0.1, -0.05) is 22.8 Å². The minimum absolute atomic E-state index is 0.179. The Morgan fingerprint density at radius 1 is 1.17 bits per heavy atom. The van der Waals surface area contributed by atoms with Gasteiger partial charge in [0.1, 0.15) is 5.76 Å². The van der Waals surface area contributed by atoms with E-state index in [-0.39, 0.29) is 11.9 Å². The molecule has 0 bridgehead atoms. The van der Waals surface area contributed by atoms with Crippen molar-refractivity contribution in [2.45, 2.75) is 6.92 Å². The molecule has 24 heavy (non-hydrogen) atoms. The summed E-state index contributed by atoms with van der Waals surface area (Å²) in [7, 11) is 0. The van der Waals surface area contributed by atoms with E-state index >= 15 is 0 Å². The maximum Gasteiger partial charge on any atom is 0.321 e. The molecular formula is C16H17ClN4O3. The fraction of sp³-hybridized carbons (Fsp3) is 0.312. The van der Waals surface area contributed by atoms with Crippen molar-refractivity contribution in [3.63, 3.8) is 0 Å². The molecule has 1 N–H and O–H groups in total. The van der Waals surface area contributed by atoms with Crippen LogP contribution in [-0.4, -0.2) is 53.1 Å². The van der Waals surface area contributed by atoms with Crippen LogP contribution in [0, 0.1) is 6.92 Å². The van der Waals surface area contributed by atoms with E-state index in [9.17, 15) is 9.59 Å². The fourth-order valence-corrected chi connectivity index (χ4v) is 2.70. The van der Waals surface area contributed by atoms with Gasteiger partial charge < -0.3 is 19.6 Å². The Morgan fingerprint density at radius 2 is 1.88 bits per heavy atom. The molecule has 0 aliphatic carbocycles. The first-order valence-corrected chi connectivity index (χ1v) is 7.95. The number of carbonyl (C=O) groups is 2. The number of piperazine rings is 1. The smallest absolute Gasteiger partial charge is 0.321 e. The largest absolute Gasteiger partial charge is 0.361 e. The summed E-state index contributed by atoms with van der Waals surface area (Å²) in [5.74, 6) is 0.416. The van der Waals surface area contributed by atoms with Crippen LogP contribution in [0.2, 0.25) is 5.02 Å². The number of nitrogens with zero attached hydrogens (tertiary/aromatic N) is 3. The Balaban J connectivity index is 1.54. The van der Waals surface area contributed by atoms with Crippen molar-refractivity contribution in [1.29, 1.82) is 0 Å². The summed E-state index contributed by atoms with van der Waals surface area (Å²) in [6, 6.07) is 8.38. The van der Waals surface area contributed by atoms with E-state index in [1.807, 2.05) is 0 Å². The van der Waals surface area contributed by atoms with Crippen molar-refractivity contribution in [2.75, 3.05) is 31.5 Å². The summed E-state index contributed by atoms with van der Waals surface area (Å²) in [4.78, 5) is 27.9. The van der Waals surface area contributed by atoms with Gasteiger partial charge in [-0.3, -0.25) is 4.79 Å². The number of aryl methyl sites for hydroxylation is 1. The molecule has 126 valence electrons. The van der Waals surface area contributed by atoms with Crippen LogP contribution in [0.3, 0.4) is 0 Å². The molecule has 0 atom stereocenters. The molecule has 0 saturated carbocycles. The van der Waals surface area contributed by atoms with E-state index < -0.39 is 0 Å². The Morgan fingerprint density at radius 3 is 2.50 bits per heavy atom. The number of urea groups is 1. The highest BCUT2D eigenvalue weighted by Crippen LogP contribution is 2.16. The number of rotatable bonds is 2. The molecule has 2 heterocycles. The van der Waals surface area contributed by atoms with Crippen LogP contribution in [0.1, 0.15) is 16.2 Å². The maximum absolute atomic E-state index is 12.3. The molecule has 0 unspecified atom stereocenters. The van der Waals surface area contributed by atoms with E-state index in [0.29, 0.717) is 48.3 Å². The first-order chi connectivity index (χ1) is 11.5. The molecule has 7 nitrogen and oxygen atoms in total. The molecule has 1 aromatic carbocycles. The zero-order chi connectivity index (χ0) is 17.1. The van der Waals surface area contributed by atoms with Crippen LogP contribution in [0.25, 0.3) is 0 Å². The normalized spacial score (nSPS) is 14.6. The number of hydrogen-bond acceptors (Lipinski definition) is 4. The minimum atomic E-state index is -0.207. The van der Waals surface area contributed by atoms with E-state index in [2.05, 4.69) is 10.5 Å². The fourth-order valence-electron chi connectivity index (χ4n) is 2.51. The van der Waals surface area contributed by atoms with Crippen molar-refractivity contribution in [1.82, 2.24) is 15.0 Å². The summed E-state index contributed by atoms with van der Waals surface area (Å²) in [6.07, 6.45) is 0. The van der Waals surface area contributed by atoms with Crippen molar-refractivity contribution >= 4 is 29.2 Å². The van der Waals surface area contributed by atoms with Crippen LogP contribution in [0.15, 0.2) is 34.9 Å². The predicted molar refractivity (Wildman–Crippen MR) is 89.2 cm³/mol. The number of benzene rings is 1. The van der Waals surface area contributed by atoms with Crippen molar-refractivity contribution in [3.05, 3.63) is 46.8 Å². The molecule has 2 aromatic rings. The van der Waals surface area contributed by atoms with Gasteiger partial charge in [-0.25, -0.2) is 4.79 Å². The third kappa shape index (κ3) is 3.68. The van der Waals surface area contributed by atoms with Crippen molar-refractivity contribution in [3.8, 4) is 0 Å². The topological polar surface area (TPSA) is 78.7 Å². The highest BCUT2D eigenvalue weighted by molar-refractivity contribution is 6.30. The molecule has 8 heteroatoms. The summed E-state index contributed by atoms with van der Waals surface area (Å²) in [5.41, 5.74) is 0.938. The van der Waals surface area contributed by atoms with E-state index in [1.165, 1.54) is 0 Å². The van der Waals surface area contributed by atoms with Crippen LogP contribution in [0.4, 0.5) is 10.5 Å². The van der Waals surface area contributed by atoms with Gasteiger partial charge in [0.05, 0.1) is 0 Å². The van der Waals surface area contributed by atoms with E-state index in [4.69, 9.17) is 16.1 Å². The lowest BCUT2D eigenvalue weighted by molar-refractivity contribution is 0.0661. The minimum Gasteiger partial charge on any atom is -0.361 e. The number of anilines is 1. The number of aromatic nitrogens is 1. The van der Waals surface area contributed by atoms with Crippen molar-refractivity contribution < 1.29 is 14.1 Å². The summed E-state index contributed by atoms with van der Waals surface area (Å²) >= 11 is 5.91. The van der Waals surface area contributed by atoms with Crippen molar-refractivity contribution in [2.24, 2.45) is 0 Å². The molecule has 0 spiro atoms. The molecule has 1 aromatic heterocycles. The highest BCUT2D eigenvalue weighted by atomic mass is 35.5. The third-order valence-corrected chi connectivity index (χ3v) is 4.01. The average Bonchev–Trinajstić information content (AvgIpc) is 3.01. The third-order valence-electron chi connectivity index (χ3n) is 3.78.